The molecule has 1 unspecified atom stereocenters. The third kappa shape index (κ3) is 4.81. The van der Waals surface area contributed by atoms with Crippen molar-refractivity contribution in [2.24, 2.45) is 17.8 Å². The van der Waals surface area contributed by atoms with E-state index >= 15 is 0 Å². The first-order valence-electron chi connectivity index (χ1n) is 11.8. The number of aliphatic hydroxyl groups excluding tert-OH is 1. The maximum absolute atomic E-state index is 13.0. The largest absolute Gasteiger partial charge is 0.396 e. The number of pyridine rings is 1. The molecular weight excluding hydrogens is 454 g/mol. The van der Waals surface area contributed by atoms with Crippen LogP contribution in [0.1, 0.15) is 55.3 Å². The van der Waals surface area contributed by atoms with Crippen molar-refractivity contribution in [3.63, 3.8) is 0 Å². The van der Waals surface area contributed by atoms with E-state index in [9.17, 15) is 9.90 Å². The van der Waals surface area contributed by atoms with Crippen LogP contribution >= 0.6 is 15.9 Å². The Morgan fingerprint density at radius 2 is 1.94 bits per heavy atom. The highest BCUT2D eigenvalue weighted by atomic mass is 79.9. The number of carbonyl (C=O) groups excluding carboxylic acids is 1. The second kappa shape index (κ2) is 9.16. The summed E-state index contributed by atoms with van der Waals surface area (Å²) in [6.07, 6.45) is 9.65. The molecule has 2 aromatic rings. The summed E-state index contributed by atoms with van der Waals surface area (Å²) in [7, 11) is 0. The first-order chi connectivity index (χ1) is 15.1. The number of Topliss-reactive ketones (excluding diaryl/α,β-unsaturated/α-hetero) is 1. The number of benzene rings is 1. The Balaban J connectivity index is 1.28. The molecule has 3 aliphatic rings. The van der Waals surface area contributed by atoms with Crippen molar-refractivity contribution in [3.05, 3.63) is 34.4 Å². The summed E-state index contributed by atoms with van der Waals surface area (Å²) in [6, 6.07) is 6.51. The van der Waals surface area contributed by atoms with E-state index in [0.717, 1.165) is 77.7 Å². The Kier molecular flexibility index (Phi) is 6.31. The number of nitrogens with zero attached hydrogens (tertiary/aromatic N) is 2. The molecule has 31 heavy (non-hydrogen) atoms. The van der Waals surface area contributed by atoms with Crippen molar-refractivity contribution in [1.82, 2.24) is 9.88 Å². The van der Waals surface area contributed by atoms with Crippen LogP contribution in [-0.2, 0) is 0 Å². The van der Waals surface area contributed by atoms with E-state index in [4.69, 9.17) is 0 Å². The average Bonchev–Trinajstić information content (AvgIpc) is 3.54. The summed E-state index contributed by atoms with van der Waals surface area (Å²) in [5.41, 5.74) is 2.68. The topological polar surface area (TPSA) is 65.5 Å². The highest BCUT2D eigenvalue weighted by molar-refractivity contribution is 9.10. The molecule has 0 spiro atoms. The number of rotatable bonds is 7. The van der Waals surface area contributed by atoms with Gasteiger partial charge >= 0.3 is 0 Å². The van der Waals surface area contributed by atoms with E-state index in [1.54, 1.807) is 6.20 Å². The van der Waals surface area contributed by atoms with Crippen molar-refractivity contribution in [2.45, 2.75) is 51.0 Å². The molecule has 1 atom stereocenters. The molecular formula is C25H32BrN3O2. The molecule has 5 rings (SSSR count). The molecule has 0 bridgehead atoms. The highest BCUT2D eigenvalue weighted by Gasteiger charge is 2.33. The van der Waals surface area contributed by atoms with Crippen molar-refractivity contribution < 1.29 is 9.90 Å². The number of fused-ring (bicyclic) bond motifs is 1. The summed E-state index contributed by atoms with van der Waals surface area (Å²) in [5, 5.41) is 14.2. The highest BCUT2D eigenvalue weighted by Crippen LogP contribution is 2.38. The van der Waals surface area contributed by atoms with Gasteiger partial charge in [-0.2, -0.15) is 0 Å². The van der Waals surface area contributed by atoms with E-state index in [-0.39, 0.29) is 11.7 Å². The van der Waals surface area contributed by atoms with Gasteiger partial charge in [0.15, 0.2) is 5.78 Å². The summed E-state index contributed by atoms with van der Waals surface area (Å²) < 4.78 is 1.01. The van der Waals surface area contributed by atoms with Gasteiger partial charge in [-0.15, -0.1) is 0 Å². The Labute approximate surface area is 192 Å². The zero-order valence-corrected chi connectivity index (χ0v) is 19.6. The predicted molar refractivity (Wildman–Crippen MR) is 127 cm³/mol. The molecule has 1 aromatic carbocycles. The van der Waals surface area contributed by atoms with Gasteiger partial charge in [0.1, 0.15) is 0 Å². The first kappa shape index (κ1) is 21.4. The Morgan fingerprint density at radius 3 is 2.65 bits per heavy atom. The van der Waals surface area contributed by atoms with Gasteiger partial charge in [-0.05, 0) is 81.5 Å². The molecule has 3 fully saturated rings. The Bertz CT molecular complexity index is 953. The normalized spacial score (nSPS) is 27.0. The SMILES string of the molecule is O=C(c1cnc2ccc(Br)cc2c1NC1CCC(CN2CCC(CO)C2)CC1)C1CC1. The summed E-state index contributed by atoms with van der Waals surface area (Å²) >= 11 is 3.59. The molecule has 2 saturated carbocycles. The fourth-order valence-corrected chi connectivity index (χ4v) is 5.72. The number of ketones is 1. The van der Waals surface area contributed by atoms with Gasteiger partial charge in [0.2, 0.25) is 0 Å². The fraction of sp³-hybridized carbons (Fsp3) is 0.600. The van der Waals surface area contributed by atoms with Crippen molar-refractivity contribution in [1.29, 1.82) is 0 Å². The number of carbonyl (C=O) groups is 1. The molecule has 2 heterocycles. The van der Waals surface area contributed by atoms with Gasteiger partial charge in [-0.25, -0.2) is 0 Å². The van der Waals surface area contributed by atoms with Crippen LogP contribution in [0.2, 0.25) is 0 Å². The van der Waals surface area contributed by atoms with Crippen LogP contribution < -0.4 is 5.32 Å². The van der Waals surface area contributed by atoms with Gasteiger partial charge in [0.25, 0.3) is 0 Å². The van der Waals surface area contributed by atoms with E-state index in [0.29, 0.717) is 18.6 Å². The minimum Gasteiger partial charge on any atom is -0.396 e. The van der Waals surface area contributed by atoms with Crippen LogP contribution in [0, 0.1) is 17.8 Å². The number of aliphatic hydroxyl groups is 1. The summed E-state index contributed by atoms with van der Waals surface area (Å²) in [6.45, 7) is 3.68. The lowest BCUT2D eigenvalue weighted by atomic mass is 9.85. The zero-order valence-electron chi connectivity index (χ0n) is 18.0. The molecule has 0 radical (unpaired) electrons. The van der Waals surface area contributed by atoms with Crippen LogP contribution in [-0.4, -0.2) is 53.1 Å². The van der Waals surface area contributed by atoms with E-state index in [2.05, 4.69) is 37.2 Å². The molecule has 2 N–H and O–H groups in total. The summed E-state index contributed by atoms with van der Waals surface area (Å²) in [4.78, 5) is 20.1. The number of anilines is 1. The maximum atomic E-state index is 13.0. The standard InChI is InChI=1S/C25H32BrN3O2/c26-19-5-8-23-21(11-19)24(22(12-27-23)25(31)18-3-4-18)28-20-6-1-16(2-7-20)13-29-10-9-17(14-29)15-30/h5,8,11-12,16-18,20,30H,1-4,6-7,9-10,13-15H2,(H,27,28). The Morgan fingerprint density at radius 1 is 1.13 bits per heavy atom. The lowest BCUT2D eigenvalue weighted by molar-refractivity contribution is 0.0968. The van der Waals surface area contributed by atoms with Crippen LogP contribution in [0.3, 0.4) is 0 Å². The molecule has 6 heteroatoms. The average molecular weight is 486 g/mol. The smallest absolute Gasteiger partial charge is 0.169 e. The lowest BCUT2D eigenvalue weighted by Gasteiger charge is -2.32. The fourth-order valence-electron chi connectivity index (χ4n) is 5.36. The van der Waals surface area contributed by atoms with Crippen LogP contribution in [0.15, 0.2) is 28.9 Å². The third-order valence-electron chi connectivity index (χ3n) is 7.38. The van der Waals surface area contributed by atoms with Gasteiger partial charge in [-0.1, -0.05) is 15.9 Å². The van der Waals surface area contributed by atoms with Crippen LogP contribution in [0.5, 0.6) is 0 Å². The van der Waals surface area contributed by atoms with Crippen molar-refractivity contribution in [3.8, 4) is 0 Å². The van der Waals surface area contributed by atoms with Crippen LogP contribution in [0.25, 0.3) is 10.9 Å². The van der Waals surface area contributed by atoms with E-state index in [1.807, 2.05) is 12.1 Å². The third-order valence-corrected chi connectivity index (χ3v) is 7.88. The molecule has 166 valence electrons. The van der Waals surface area contributed by atoms with Gasteiger partial charge in [0.05, 0.1) is 16.8 Å². The molecule has 2 aliphatic carbocycles. The van der Waals surface area contributed by atoms with Gasteiger partial charge in [0, 0.05) is 47.7 Å². The molecule has 1 aromatic heterocycles. The number of hydrogen-bond acceptors (Lipinski definition) is 5. The molecule has 0 amide bonds. The van der Waals surface area contributed by atoms with Gasteiger partial charge in [-0.3, -0.25) is 9.78 Å². The van der Waals surface area contributed by atoms with Crippen molar-refractivity contribution >= 4 is 38.3 Å². The van der Waals surface area contributed by atoms with Crippen LogP contribution in [0.4, 0.5) is 5.69 Å². The minimum absolute atomic E-state index is 0.186. The second-order valence-electron chi connectivity index (χ2n) is 9.81. The zero-order chi connectivity index (χ0) is 21.4. The summed E-state index contributed by atoms with van der Waals surface area (Å²) in [5.74, 6) is 1.65. The lowest BCUT2D eigenvalue weighted by Crippen LogP contribution is -2.33. The number of halogens is 1. The van der Waals surface area contributed by atoms with E-state index in [1.165, 1.54) is 19.4 Å². The first-order valence-corrected chi connectivity index (χ1v) is 12.6. The Hall–Kier alpha value is -1.50. The minimum atomic E-state index is 0.186. The molecule has 1 aliphatic heterocycles. The van der Waals surface area contributed by atoms with E-state index < -0.39 is 0 Å². The molecule has 1 saturated heterocycles. The predicted octanol–water partition coefficient (Wildman–Crippen LogP) is 4.87. The quantitative estimate of drug-likeness (QED) is 0.547. The van der Waals surface area contributed by atoms with Gasteiger partial charge < -0.3 is 15.3 Å². The number of hydrogen-bond donors (Lipinski definition) is 2. The number of aromatic nitrogens is 1. The second-order valence-corrected chi connectivity index (χ2v) is 10.7. The number of nitrogens with one attached hydrogen (secondary N) is 1. The monoisotopic (exact) mass is 485 g/mol. The number of likely N-dealkylation sites (tertiary alicyclic amines) is 1. The maximum Gasteiger partial charge on any atom is 0.169 e. The van der Waals surface area contributed by atoms with Crippen molar-refractivity contribution in [2.75, 3.05) is 31.6 Å². The molecule has 5 nitrogen and oxygen atoms in total.